The SMILES string of the molecule is CC(C)(C)OC(=O)N[C@H](CSC(c1ccccc1)(c1ccccc1)c1ccccc1)C(=O)N[C@@H](Cc1ccc(Cl)cc1)C(=O)N[C@@H](C(=O)O)C(C)(C)S. The molecule has 3 amide bonds. The molecule has 0 aliphatic heterocycles. The zero-order valence-corrected chi connectivity index (χ0v) is 32.8. The summed E-state index contributed by atoms with van der Waals surface area (Å²) in [6.45, 7) is 8.29. The molecule has 4 N–H and O–H groups in total. The second-order valence-electron chi connectivity index (χ2n) is 14.1. The molecule has 12 heteroatoms. The van der Waals surface area contributed by atoms with Gasteiger partial charge in [0, 0.05) is 21.9 Å². The van der Waals surface area contributed by atoms with E-state index in [1.54, 1.807) is 58.9 Å². The van der Waals surface area contributed by atoms with E-state index in [4.69, 9.17) is 16.3 Å². The van der Waals surface area contributed by atoms with E-state index in [1.807, 2.05) is 91.0 Å². The summed E-state index contributed by atoms with van der Waals surface area (Å²) in [6, 6.07) is 32.6. The maximum Gasteiger partial charge on any atom is 0.408 e. The summed E-state index contributed by atoms with van der Waals surface area (Å²) in [5.74, 6) is -2.65. The van der Waals surface area contributed by atoms with Gasteiger partial charge in [-0.15, -0.1) is 11.8 Å². The molecule has 4 aromatic rings. The van der Waals surface area contributed by atoms with Crippen LogP contribution in [-0.4, -0.2) is 63.2 Å². The van der Waals surface area contributed by atoms with Crippen molar-refractivity contribution in [3.05, 3.63) is 143 Å². The highest BCUT2D eigenvalue weighted by atomic mass is 35.5. The third-order valence-electron chi connectivity index (χ3n) is 8.24. The summed E-state index contributed by atoms with van der Waals surface area (Å²) in [5.41, 5.74) is 2.66. The maximum absolute atomic E-state index is 14.4. The lowest BCUT2D eigenvalue weighted by molar-refractivity contribution is -0.143. The van der Waals surface area contributed by atoms with Crippen LogP contribution in [-0.2, 0) is 30.3 Å². The predicted molar refractivity (Wildman–Crippen MR) is 215 cm³/mol. The van der Waals surface area contributed by atoms with Crippen LogP contribution >= 0.6 is 36.0 Å². The number of rotatable bonds is 15. The molecule has 0 bridgehead atoms. The number of carbonyl (C=O) groups is 4. The first-order chi connectivity index (χ1) is 25.0. The molecular weight excluding hydrogens is 730 g/mol. The van der Waals surface area contributed by atoms with Gasteiger partial charge in [-0.05, 0) is 69.0 Å². The average Bonchev–Trinajstić information content (AvgIpc) is 3.10. The van der Waals surface area contributed by atoms with Gasteiger partial charge in [0.05, 0.1) is 4.75 Å². The first-order valence-corrected chi connectivity index (χ1v) is 18.9. The predicted octanol–water partition coefficient (Wildman–Crippen LogP) is 7.26. The van der Waals surface area contributed by atoms with Gasteiger partial charge in [0.1, 0.15) is 23.7 Å². The Hall–Kier alpha value is -4.45. The van der Waals surface area contributed by atoms with Crippen LogP contribution in [0.5, 0.6) is 0 Å². The van der Waals surface area contributed by atoms with E-state index < -0.39 is 57.1 Å². The van der Waals surface area contributed by atoms with Crippen LogP contribution < -0.4 is 16.0 Å². The van der Waals surface area contributed by atoms with Gasteiger partial charge in [-0.3, -0.25) is 9.59 Å². The van der Waals surface area contributed by atoms with Crippen molar-refractivity contribution in [1.82, 2.24) is 16.0 Å². The summed E-state index contributed by atoms with van der Waals surface area (Å²) in [6.07, 6.45) is -0.813. The molecule has 3 atom stereocenters. The summed E-state index contributed by atoms with van der Waals surface area (Å²) >= 11 is 12.0. The highest BCUT2D eigenvalue weighted by Crippen LogP contribution is 2.48. The van der Waals surface area contributed by atoms with Crippen LogP contribution in [0.1, 0.15) is 56.9 Å². The number of ether oxygens (including phenoxy) is 1. The molecule has 0 saturated heterocycles. The summed E-state index contributed by atoms with van der Waals surface area (Å²) in [4.78, 5) is 53.7. The first-order valence-electron chi connectivity index (χ1n) is 17.1. The molecule has 0 saturated carbocycles. The topological polar surface area (TPSA) is 134 Å². The summed E-state index contributed by atoms with van der Waals surface area (Å²) in [7, 11) is 0. The third kappa shape index (κ3) is 11.5. The van der Waals surface area contributed by atoms with Gasteiger partial charge < -0.3 is 25.8 Å². The number of halogens is 1. The minimum absolute atomic E-state index is 0.00235. The quantitative estimate of drug-likeness (QED) is 0.0634. The number of aliphatic carboxylic acids is 1. The second-order valence-corrected chi connectivity index (χ2v) is 16.9. The summed E-state index contributed by atoms with van der Waals surface area (Å²) in [5, 5.41) is 18.5. The molecule has 280 valence electrons. The van der Waals surface area contributed by atoms with Crippen molar-refractivity contribution in [2.75, 3.05) is 5.75 Å². The van der Waals surface area contributed by atoms with Crippen molar-refractivity contribution in [3.63, 3.8) is 0 Å². The second kappa shape index (κ2) is 18.1. The Balaban J connectivity index is 1.76. The van der Waals surface area contributed by atoms with Gasteiger partial charge in [-0.2, -0.15) is 12.6 Å². The van der Waals surface area contributed by atoms with E-state index in [2.05, 4.69) is 28.6 Å². The normalized spacial score (nSPS) is 13.6. The molecule has 0 heterocycles. The van der Waals surface area contributed by atoms with Crippen LogP contribution in [0.15, 0.2) is 115 Å². The molecule has 0 aliphatic rings. The lowest BCUT2D eigenvalue weighted by Gasteiger charge is -2.36. The molecule has 9 nitrogen and oxygen atoms in total. The minimum atomic E-state index is -1.38. The van der Waals surface area contributed by atoms with Crippen LogP contribution in [0.3, 0.4) is 0 Å². The largest absolute Gasteiger partial charge is 0.480 e. The van der Waals surface area contributed by atoms with Crippen molar-refractivity contribution in [2.45, 2.75) is 74.3 Å². The Morgan fingerprint density at radius 1 is 0.698 bits per heavy atom. The number of nitrogens with one attached hydrogen (secondary N) is 3. The van der Waals surface area contributed by atoms with Gasteiger partial charge in [0.2, 0.25) is 11.8 Å². The van der Waals surface area contributed by atoms with Crippen LogP contribution in [0.25, 0.3) is 0 Å². The molecule has 0 radical (unpaired) electrons. The Morgan fingerprint density at radius 3 is 1.57 bits per heavy atom. The van der Waals surface area contributed by atoms with E-state index in [9.17, 15) is 24.3 Å². The molecule has 0 unspecified atom stereocenters. The van der Waals surface area contributed by atoms with E-state index in [-0.39, 0.29) is 12.2 Å². The number of thioether (sulfide) groups is 1. The lowest BCUT2D eigenvalue weighted by atomic mass is 9.84. The maximum atomic E-state index is 14.4. The smallest absolute Gasteiger partial charge is 0.408 e. The number of thiol groups is 1. The Kier molecular flexibility index (Phi) is 14.1. The number of carboxylic acid groups (broad SMARTS) is 1. The van der Waals surface area contributed by atoms with Gasteiger partial charge in [0.25, 0.3) is 0 Å². The Labute approximate surface area is 326 Å². The zero-order chi connectivity index (χ0) is 38.8. The zero-order valence-electron chi connectivity index (χ0n) is 30.3. The lowest BCUT2D eigenvalue weighted by Crippen LogP contribution is -2.59. The summed E-state index contributed by atoms with van der Waals surface area (Å²) < 4.78 is 3.61. The molecule has 0 spiro atoms. The molecule has 4 aromatic carbocycles. The third-order valence-corrected chi connectivity index (χ3v) is 10.4. The molecule has 0 aliphatic carbocycles. The van der Waals surface area contributed by atoms with E-state index in [1.165, 1.54) is 11.8 Å². The van der Waals surface area contributed by atoms with Crippen molar-refractivity contribution in [3.8, 4) is 0 Å². The number of carboxylic acids is 1. The molecular formula is C41H46ClN3O6S2. The van der Waals surface area contributed by atoms with Crippen LogP contribution in [0, 0.1) is 0 Å². The van der Waals surface area contributed by atoms with Gasteiger partial charge in [-0.1, -0.05) is 115 Å². The van der Waals surface area contributed by atoms with Gasteiger partial charge in [-0.25, -0.2) is 9.59 Å². The van der Waals surface area contributed by atoms with E-state index in [0.717, 1.165) is 16.7 Å². The van der Waals surface area contributed by atoms with Crippen molar-refractivity contribution in [1.29, 1.82) is 0 Å². The number of carbonyl (C=O) groups excluding carboxylic acids is 3. The van der Waals surface area contributed by atoms with Gasteiger partial charge >= 0.3 is 12.1 Å². The van der Waals surface area contributed by atoms with E-state index >= 15 is 0 Å². The van der Waals surface area contributed by atoms with E-state index in [0.29, 0.717) is 10.6 Å². The van der Waals surface area contributed by atoms with Crippen molar-refractivity contribution < 1.29 is 29.0 Å². The fourth-order valence-corrected chi connectivity index (χ4v) is 7.59. The number of hydrogen-bond acceptors (Lipinski definition) is 7. The molecule has 53 heavy (non-hydrogen) atoms. The monoisotopic (exact) mass is 775 g/mol. The highest BCUT2D eigenvalue weighted by molar-refractivity contribution is 8.00. The standard InChI is InChI=1S/C41H46ClN3O6S2/c1-39(2,3)51-38(50)44-33(26-53-41(28-15-9-6-10-16-28,29-17-11-7-12-18-29)30-19-13-8-14-20-30)36(47)43-32(25-27-21-23-31(42)24-22-27)35(46)45-34(37(48)49)40(4,5)52/h6-24,32-34,52H,25-26H2,1-5H3,(H,43,47)(H,44,50)(H,45,46)(H,48,49)/t32-,33+,34-/m0/s1. The number of alkyl carbamates (subject to hydrolysis) is 1. The Bertz CT molecular complexity index is 1740. The highest BCUT2D eigenvalue weighted by Gasteiger charge is 2.40. The average molecular weight is 776 g/mol. The molecule has 4 rings (SSSR count). The number of hydrogen-bond donors (Lipinski definition) is 5. The van der Waals surface area contributed by atoms with Crippen LogP contribution in [0.2, 0.25) is 5.02 Å². The number of benzene rings is 4. The fourth-order valence-electron chi connectivity index (χ4n) is 5.73. The van der Waals surface area contributed by atoms with Gasteiger partial charge in [0.15, 0.2) is 0 Å². The number of amides is 3. The minimum Gasteiger partial charge on any atom is -0.480 e. The Morgan fingerprint density at radius 2 is 1.15 bits per heavy atom. The first kappa shape index (κ1) is 41.3. The van der Waals surface area contributed by atoms with Crippen LogP contribution in [0.4, 0.5) is 4.79 Å². The van der Waals surface area contributed by atoms with Crippen molar-refractivity contribution >= 4 is 59.9 Å². The molecule has 0 fully saturated rings. The van der Waals surface area contributed by atoms with Crippen molar-refractivity contribution in [2.24, 2.45) is 0 Å². The molecule has 0 aromatic heterocycles. The fraction of sp³-hybridized carbons (Fsp3) is 0.317.